The van der Waals surface area contributed by atoms with Gasteiger partial charge >= 0.3 is 0 Å². The lowest BCUT2D eigenvalue weighted by Gasteiger charge is -2.26. The third-order valence-electron chi connectivity index (χ3n) is 3.62. The lowest BCUT2D eigenvalue weighted by Crippen LogP contribution is -2.20. The standard InChI is InChI=1S/C17H22N2O/c1-13-8-14(2)10-15(9-13)12-19-16-4-3-5-17(11-16)20-7-6-18/h3-5,8,11,13,15,19H,7,9-10,12H2,1-2H3. The van der Waals surface area contributed by atoms with Crippen molar-refractivity contribution in [2.45, 2.75) is 26.7 Å². The van der Waals surface area contributed by atoms with Crippen LogP contribution in [0.1, 0.15) is 26.7 Å². The molecule has 20 heavy (non-hydrogen) atoms. The van der Waals surface area contributed by atoms with E-state index < -0.39 is 0 Å². The summed E-state index contributed by atoms with van der Waals surface area (Å²) in [6.07, 6.45) is 4.81. The van der Waals surface area contributed by atoms with Crippen molar-refractivity contribution >= 4 is 5.69 Å². The zero-order chi connectivity index (χ0) is 14.4. The van der Waals surface area contributed by atoms with Crippen molar-refractivity contribution in [1.82, 2.24) is 0 Å². The number of hydrogen-bond acceptors (Lipinski definition) is 3. The zero-order valence-corrected chi connectivity index (χ0v) is 12.2. The van der Waals surface area contributed by atoms with Crippen LogP contribution in [0.5, 0.6) is 5.75 Å². The van der Waals surface area contributed by atoms with E-state index in [2.05, 4.69) is 25.2 Å². The fourth-order valence-corrected chi connectivity index (χ4v) is 2.92. The summed E-state index contributed by atoms with van der Waals surface area (Å²) >= 11 is 0. The summed E-state index contributed by atoms with van der Waals surface area (Å²) in [5.74, 6) is 2.11. The average Bonchev–Trinajstić information content (AvgIpc) is 2.42. The van der Waals surface area contributed by atoms with Crippen LogP contribution in [0.4, 0.5) is 5.69 Å². The topological polar surface area (TPSA) is 45.0 Å². The molecule has 0 heterocycles. The number of rotatable bonds is 5. The van der Waals surface area contributed by atoms with Crippen LogP contribution in [-0.4, -0.2) is 13.2 Å². The van der Waals surface area contributed by atoms with E-state index in [0.29, 0.717) is 11.8 Å². The minimum atomic E-state index is 0.0909. The molecule has 0 radical (unpaired) electrons. The molecule has 1 aromatic carbocycles. The van der Waals surface area contributed by atoms with Gasteiger partial charge in [0.2, 0.25) is 0 Å². The van der Waals surface area contributed by atoms with Gasteiger partial charge in [-0.1, -0.05) is 24.6 Å². The first-order valence-electron chi connectivity index (χ1n) is 7.18. The molecule has 1 N–H and O–H groups in total. The van der Waals surface area contributed by atoms with Gasteiger partial charge in [0.1, 0.15) is 11.8 Å². The molecule has 106 valence electrons. The molecule has 0 aromatic heterocycles. The van der Waals surface area contributed by atoms with Crippen molar-refractivity contribution in [2.24, 2.45) is 11.8 Å². The van der Waals surface area contributed by atoms with Crippen LogP contribution >= 0.6 is 0 Å². The number of hydrogen-bond donors (Lipinski definition) is 1. The molecule has 0 saturated carbocycles. The van der Waals surface area contributed by atoms with Crippen LogP contribution in [0.3, 0.4) is 0 Å². The Morgan fingerprint density at radius 1 is 1.45 bits per heavy atom. The molecule has 0 amide bonds. The summed E-state index contributed by atoms with van der Waals surface area (Å²) in [5.41, 5.74) is 2.56. The molecule has 0 fully saturated rings. The normalized spacial score (nSPS) is 21.8. The van der Waals surface area contributed by atoms with E-state index in [9.17, 15) is 0 Å². The van der Waals surface area contributed by atoms with Crippen LogP contribution in [0.25, 0.3) is 0 Å². The highest BCUT2D eigenvalue weighted by atomic mass is 16.5. The van der Waals surface area contributed by atoms with Crippen molar-refractivity contribution in [3.05, 3.63) is 35.9 Å². The van der Waals surface area contributed by atoms with E-state index in [1.807, 2.05) is 30.3 Å². The number of allylic oxidation sites excluding steroid dienone is 2. The summed E-state index contributed by atoms with van der Waals surface area (Å²) in [4.78, 5) is 0. The molecule has 1 aliphatic rings. The minimum absolute atomic E-state index is 0.0909. The quantitative estimate of drug-likeness (QED) is 0.823. The molecule has 0 aliphatic heterocycles. The van der Waals surface area contributed by atoms with E-state index >= 15 is 0 Å². The molecule has 1 aromatic rings. The Morgan fingerprint density at radius 3 is 3.05 bits per heavy atom. The van der Waals surface area contributed by atoms with E-state index in [-0.39, 0.29) is 6.61 Å². The summed E-state index contributed by atoms with van der Waals surface area (Å²) < 4.78 is 5.31. The van der Waals surface area contributed by atoms with Crippen molar-refractivity contribution in [3.8, 4) is 11.8 Å². The largest absolute Gasteiger partial charge is 0.479 e. The third-order valence-corrected chi connectivity index (χ3v) is 3.62. The molecule has 0 bridgehead atoms. The maximum Gasteiger partial charge on any atom is 0.174 e. The Balaban J connectivity index is 1.88. The van der Waals surface area contributed by atoms with Gasteiger partial charge in [0.25, 0.3) is 0 Å². The average molecular weight is 270 g/mol. The fraction of sp³-hybridized carbons (Fsp3) is 0.471. The van der Waals surface area contributed by atoms with E-state index in [4.69, 9.17) is 10.00 Å². The molecule has 2 rings (SSSR count). The first-order valence-corrected chi connectivity index (χ1v) is 7.18. The predicted molar refractivity (Wildman–Crippen MR) is 81.7 cm³/mol. The zero-order valence-electron chi connectivity index (χ0n) is 12.2. The second-order valence-electron chi connectivity index (χ2n) is 5.65. The second-order valence-corrected chi connectivity index (χ2v) is 5.65. The molecule has 0 saturated heterocycles. The van der Waals surface area contributed by atoms with Crippen molar-refractivity contribution in [3.63, 3.8) is 0 Å². The molecule has 3 nitrogen and oxygen atoms in total. The van der Waals surface area contributed by atoms with Crippen LogP contribution in [0.15, 0.2) is 35.9 Å². The highest BCUT2D eigenvalue weighted by Crippen LogP contribution is 2.28. The highest BCUT2D eigenvalue weighted by molar-refractivity contribution is 5.48. The smallest absolute Gasteiger partial charge is 0.174 e. The predicted octanol–water partition coefficient (Wildman–Crippen LogP) is 3.99. The van der Waals surface area contributed by atoms with E-state index in [0.717, 1.165) is 18.0 Å². The third kappa shape index (κ3) is 4.31. The number of anilines is 1. The summed E-state index contributed by atoms with van der Waals surface area (Å²) in [6.45, 7) is 5.58. The minimum Gasteiger partial charge on any atom is -0.479 e. The Morgan fingerprint density at radius 2 is 2.30 bits per heavy atom. The van der Waals surface area contributed by atoms with E-state index in [1.165, 1.54) is 18.4 Å². The summed E-state index contributed by atoms with van der Waals surface area (Å²) in [7, 11) is 0. The van der Waals surface area contributed by atoms with Gasteiger partial charge in [0, 0.05) is 18.3 Å². The van der Waals surface area contributed by atoms with Crippen molar-refractivity contribution < 1.29 is 4.74 Å². The fourth-order valence-electron chi connectivity index (χ4n) is 2.92. The summed E-state index contributed by atoms with van der Waals surface area (Å²) in [6, 6.07) is 9.79. The monoisotopic (exact) mass is 270 g/mol. The van der Waals surface area contributed by atoms with Crippen LogP contribution in [-0.2, 0) is 0 Å². The Labute approximate surface area is 121 Å². The van der Waals surface area contributed by atoms with Crippen molar-refractivity contribution in [2.75, 3.05) is 18.5 Å². The maximum atomic E-state index is 8.52. The van der Waals surface area contributed by atoms with Gasteiger partial charge in [-0.25, -0.2) is 0 Å². The first kappa shape index (κ1) is 14.5. The van der Waals surface area contributed by atoms with Crippen molar-refractivity contribution in [1.29, 1.82) is 5.26 Å². The SMILES string of the molecule is CC1=CC(C)CC(CNc2cccc(OCC#N)c2)C1. The molecule has 0 spiro atoms. The van der Waals surface area contributed by atoms with Crippen LogP contribution in [0.2, 0.25) is 0 Å². The van der Waals surface area contributed by atoms with Gasteiger partial charge in [-0.05, 0) is 43.7 Å². The van der Waals surface area contributed by atoms with Gasteiger partial charge in [-0.2, -0.15) is 5.26 Å². The van der Waals surface area contributed by atoms with Crippen LogP contribution in [0, 0.1) is 23.2 Å². The molecule has 2 unspecified atom stereocenters. The Bertz CT molecular complexity index is 516. The van der Waals surface area contributed by atoms with Gasteiger partial charge in [-0.3, -0.25) is 0 Å². The number of ether oxygens (including phenoxy) is 1. The molecule has 3 heteroatoms. The number of nitrogens with zero attached hydrogens (tertiary/aromatic N) is 1. The van der Waals surface area contributed by atoms with Crippen LogP contribution < -0.4 is 10.1 Å². The second kappa shape index (κ2) is 7.00. The van der Waals surface area contributed by atoms with Gasteiger partial charge in [0.15, 0.2) is 6.61 Å². The number of nitrogens with one attached hydrogen (secondary N) is 1. The van der Waals surface area contributed by atoms with Gasteiger partial charge in [-0.15, -0.1) is 0 Å². The molecule has 2 atom stereocenters. The van der Waals surface area contributed by atoms with E-state index in [1.54, 1.807) is 0 Å². The first-order chi connectivity index (χ1) is 9.67. The lowest BCUT2D eigenvalue weighted by atomic mass is 9.84. The number of nitriles is 1. The van der Waals surface area contributed by atoms with Gasteiger partial charge in [0.05, 0.1) is 0 Å². The Hall–Kier alpha value is -1.95. The highest BCUT2D eigenvalue weighted by Gasteiger charge is 2.17. The maximum absolute atomic E-state index is 8.52. The van der Waals surface area contributed by atoms with Gasteiger partial charge < -0.3 is 10.1 Å². The summed E-state index contributed by atoms with van der Waals surface area (Å²) in [5, 5.41) is 12.0. The molecule has 1 aliphatic carbocycles. The lowest BCUT2D eigenvalue weighted by molar-refractivity contribution is 0.368. The molecular formula is C17H22N2O. The Kier molecular flexibility index (Phi) is 5.06. The number of benzene rings is 1. The molecular weight excluding hydrogens is 248 g/mol.